The number of carbonyl (C=O) groups is 1. The van der Waals surface area contributed by atoms with Crippen LogP contribution < -0.4 is 10.1 Å². The Balaban J connectivity index is 2.70. The van der Waals surface area contributed by atoms with Gasteiger partial charge in [0, 0.05) is 25.9 Å². The number of hydrogen-bond acceptors (Lipinski definition) is 5. The molecule has 0 aliphatic heterocycles. The Labute approximate surface area is 125 Å². The average Bonchev–Trinajstić information content (AvgIpc) is 2.42. The maximum atomic E-state index is 11.1. The zero-order chi connectivity index (χ0) is 15.9. The van der Waals surface area contributed by atoms with Crippen molar-refractivity contribution in [3.8, 4) is 5.75 Å². The lowest BCUT2D eigenvalue weighted by Crippen LogP contribution is -2.31. The molecule has 118 valence electrons. The van der Waals surface area contributed by atoms with E-state index < -0.39 is 11.4 Å². The van der Waals surface area contributed by atoms with Gasteiger partial charge in [-0.2, -0.15) is 0 Å². The summed E-state index contributed by atoms with van der Waals surface area (Å²) in [6.45, 7) is 7.15. The van der Waals surface area contributed by atoms with Crippen LogP contribution in [0.2, 0.25) is 0 Å². The Kier molecular flexibility index (Phi) is 6.58. The molecule has 6 heteroatoms. The highest BCUT2D eigenvalue weighted by Crippen LogP contribution is 2.22. The number of carboxylic acids is 1. The van der Waals surface area contributed by atoms with E-state index in [0.717, 1.165) is 11.4 Å². The number of rotatable bonds is 9. The van der Waals surface area contributed by atoms with Crippen molar-refractivity contribution in [2.75, 3.05) is 26.9 Å². The standard InChI is InChI=1S/C15H24N2O4/c1-11-5-6-13(21-10-15(2,3)14(18)19)12(17-11)9-16-7-8-20-4/h5-6,16H,7-10H2,1-4H3,(H,18,19). The fourth-order valence-corrected chi connectivity index (χ4v) is 1.56. The van der Waals surface area contributed by atoms with Gasteiger partial charge in [-0.05, 0) is 32.9 Å². The summed E-state index contributed by atoms with van der Waals surface area (Å²) in [4.78, 5) is 15.5. The van der Waals surface area contributed by atoms with Crippen LogP contribution in [0.5, 0.6) is 5.75 Å². The number of hydrogen-bond donors (Lipinski definition) is 2. The molecule has 0 radical (unpaired) electrons. The molecule has 0 fully saturated rings. The molecule has 0 amide bonds. The molecule has 1 aromatic heterocycles. The predicted molar refractivity (Wildman–Crippen MR) is 79.5 cm³/mol. The molecule has 21 heavy (non-hydrogen) atoms. The van der Waals surface area contributed by atoms with Crippen molar-refractivity contribution < 1.29 is 19.4 Å². The van der Waals surface area contributed by atoms with Crippen LogP contribution in [0.4, 0.5) is 0 Å². The van der Waals surface area contributed by atoms with Crippen LogP contribution in [0.15, 0.2) is 12.1 Å². The van der Waals surface area contributed by atoms with Gasteiger partial charge >= 0.3 is 5.97 Å². The first-order valence-electron chi connectivity index (χ1n) is 6.89. The average molecular weight is 296 g/mol. The Hall–Kier alpha value is -1.66. The molecule has 1 rings (SSSR count). The minimum absolute atomic E-state index is 0.0954. The number of aromatic nitrogens is 1. The smallest absolute Gasteiger partial charge is 0.312 e. The Morgan fingerprint density at radius 2 is 2.14 bits per heavy atom. The lowest BCUT2D eigenvalue weighted by molar-refractivity contribution is -0.148. The number of carboxylic acid groups (broad SMARTS) is 1. The fraction of sp³-hybridized carbons (Fsp3) is 0.600. The fourth-order valence-electron chi connectivity index (χ4n) is 1.56. The third kappa shape index (κ3) is 5.69. The van der Waals surface area contributed by atoms with Crippen LogP contribution in [0.25, 0.3) is 0 Å². The number of ether oxygens (including phenoxy) is 2. The summed E-state index contributed by atoms with van der Waals surface area (Å²) in [6, 6.07) is 3.68. The van der Waals surface area contributed by atoms with Gasteiger partial charge in [-0.3, -0.25) is 9.78 Å². The Morgan fingerprint density at radius 3 is 2.76 bits per heavy atom. The van der Waals surface area contributed by atoms with Gasteiger partial charge in [0.25, 0.3) is 0 Å². The second-order valence-electron chi connectivity index (χ2n) is 5.54. The molecule has 1 aromatic rings. The van der Waals surface area contributed by atoms with Gasteiger partial charge in [-0.15, -0.1) is 0 Å². The maximum absolute atomic E-state index is 11.1. The van der Waals surface area contributed by atoms with Gasteiger partial charge in [-0.1, -0.05) is 0 Å². The summed E-state index contributed by atoms with van der Waals surface area (Å²) < 4.78 is 10.6. The Bertz CT molecular complexity index is 475. The predicted octanol–water partition coefficient (Wildman–Crippen LogP) is 1.62. The van der Waals surface area contributed by atoms with Crippen LogP contribution in [-0.2, 0) is 16.1 Å². The molecular formula is C15H24N2O4. The van der Waals surface area contributed by atoms with Gasteiger partial charge in [-0.25, -0.2) is 0 Å². The molecule has 0 aromatic carbocycles. The van der Waals surface area contributed by atoms with Crippen molar-refractivity contribution in [1.82, 2.24) is 10.3 Å². The number of nitrogens with one attached hydrogen (secondary N) is 1. The SMILES string of the molecule is COCCNCc1nc(C)ccc1OCC(C)(C)C(=O)O. The monoisotopic (exact) mass is 296 g/mol. The maximum Gasteiger partial charge on any atom is 0.312 e. The molecule has 0 spiro atoms. The number of aliphatic carboxylic acids is 1. The van der Waals surface area contributed by atoms with Gasteiger partial charge in [0.1, 0.15) is 12.4 Å². The van der Waals surface area contributed by atoms with E-state index in [-0.39, 0.29) is 6.61 Å². The molecule has 2 N–H and O–H groups in total. The van der Waals surface area contributed by atoms with Crippen molar-refractivity contribution in [3.05, 3.63) is 23.5 Å². The van der Waals surface area contributed by atoms with Gasteiger partial charge in [0.05, 0.1) is 17.7 Å². The first-order valence-corrected chi connectivity index (χ1v) is 6.89. The van der Waals surface area contributed by atoms with Crippen molar-refractivity contribution in [1.29, 1.82) is 0 Å². The van der Waals surface area contributed by atoms with Crippen molar-refractivity contribution >= 4 is 5.97 Å². The molecule has 0 atom stereocenters. The summed E-state index contributed by atoms with van der Waals surface area (Å²) in [5, 5.41) is 12.3. The van der Waals surface area contributed by atoms with Crippen molar-refractivity contribution in [2.45, 2.75) is 27.3 Å². The van der Waals surface area contributed by atoms with Crippen LogP contribution in [0.1, 0.15) is 25.2 Å². The number of aryl methyl sites for hydroxylation is 1. The van der Waals surface area contributed by atoms with E-state index in [2.05, 4.69) is 10.3 Å². The van der Waals surface area contributed by atoms with E-state index >= 15 is 0 Å². The first-order chi connectivity index (χ1) is 9.86. The third-order valence-corrected chi connectivity index (χ3v) is 3.01. The van der Waals surface area contributed by atoms with Gasteiger partial charge in [0.2, 0.25) is 0 Å². The lowest BCUT2D eigenvalue weighted by Gasteiger charge is -2.20. The second kappa shape index (κ2) is 7.95. The minimum atomic E-state index is -0.939. The summed E-state index contributed by atoms with van der Waals surface area (Å²) in [5.41, 5.74) is 0.724. The topological polar surface area (TPSA) is 80.7 Å². The van der Waals surface area contributed by atoms with E-state index in [9.17, 15) is 4.79 Å². The third-order valence-electron chi connectivity index (χ3n) is 3.01. The van der Waals surface area contributed by atoms with Gasteiger partial charge in [0.15, 0.2) is 0 Å². The van der Waals surface area contributed by atoms with Crippen LogP contribution in [-0.4, -0.2) is 42.9 Å². The molecular weight excluding hydrogens is 272 g/mol. The molecule has 0 aliphatic carbocycles. The molecule has 0 saturated heterocycles. The highest BCUT2D eigenvalue weighted by Gasteiger charge is 2.28. The van der Waals surface area contributed by atoms with Crippen LogP contribution in [0.3, 0.4) is 0 Å². The van der Waals surface area contributed by atoms with E-state index in [1.165, 1.54) is 0 Å². The van der Waals surface area contributed by atoms with E-state index in [1.54, 1.807) is 21.0 Å². The first kappa shape index (κ1) is 17.4. The van der Waals surface area contributed by atoms with E-state index in [4.69, 9.17) is 14.6 Å². The highest BCUT2D eigenvalue weighted by molar-refractivity contribution is 5.73. The van der Waals surface area contributed by atoms with Crippen molar-refractivity contribution in [2.24, 2.45) is 5.41 Å². The largest absolute Gasteiger partial charge is 0.490 e. The molecule has 6 nitrogen and oxygen atoms in total. The van der Waals surface area contributed by atoms with Gasteiger partial charge < -0.3 is 19.9 Å². The summed E-state index contributed by atoms with van der Waals surface area (Å²) in [6.07, 6.45) is 0. The summed E-state index contributed by atoms with van der Waals surface area (Å²) in [7, 11) is 1.65. The van der Waals surface area contributed by atoms with E-state index in [1.807, 2.05) is 19.1 Å². The number of pyridine rings is 1. The molecule has 0 bridgehead atoms. The summed E-state index contributed by atoms with van der Waals surface area (Å²) >= 11 is 0. The molecule has 0 unspecified atom stereocenters. The quantitative estimate of drug-likeness (QED) is 0.674. The normalized spacial score (nSPS) is 11.4. The second-order valence-corrected chi connectivity index (χ2v) is 5.54. The zero-order valence-corrected chi connectivity index (χ0v) is 13.1. The summed E-state index contributed by atoms with van der Waals surface area (Å²) in [5.74, 6) is -0.276. The highest BCUT2D eigenvalue weighted by atomic mass is 16.5. The number of methoxy groups -OCH3 is 1. The molecule has 0 aliphatic rings. The molecule has 1 heterocycles. The van der Waals surface area contributed by atoms with E-state index in [0.29, 0.717) is 25.4 Å². The van der Waals surface area contributed by atoms with Crippen LogP contribution in [0, 0.1) is 12.3 Å². The van der Waals surface area contributed by atoms with Crippen molar-refractivity contribution in [3.63, 3.8) is 0 Å². The lowest BCUT2D eigenvalue weighted by atomic mass is 9.95. The van der Waals surface area contributed by atoms with Crippen LogP contribution >= 0.6 is 0 Å². The zero-order valence-electron chi connectivity index (χ0n) is 13.1. The number of nitrogens with zero attached hydrogens (tertiary/aromatic N) is 1. The Morgan fingerprint density at radius 1 is 1.43 bits per heavy atom. The molecule has 0 saturated carbocycles. The minimum Gasteiger partial charge on any atom is -0.490 e.